The molecule has 1 N–H and O–H groups in total. The summed E-state index contributed by atoms with van der Waals surface area (Å²) in [4.78, 5) is 13.9. The second-order valence-electron chi connectivity index (χ2n) is 5.30. The average molecular weight is 358 g/mol. The second kappa shape index (κ2) is 7.82. The molecule has 0 aromatic heterocycles. The third kappa shape index (κ3) is 4.16. The van der Waals surface area contributed by atoms with Gasteiger partial charge in [0.1, 0.15) is 0 Å². The van der Waals surface area contributed by atoms with E-state index in [1.807, 2.05) is 0 Å². The van der Waals surface area contributed by atoms with Crippen LogP contribution in [0.15, 0.2) is 23.1 Å². The number of carbonyl (C=O) groups excluding carboxylic acids is 1. The molecule has 0 aliphatic carbocycles. The predicted molar refractivity (Wildman–Crippen MR) is 86.7 cm³/mol. The van der Waals surface area contributed by atoms with E-state index in [1.54, 1.807) is 4.90 Å². The van der Waals surface area contributed by atoms with E-state index in [1.165, 1.54) is 39.3 Å². The fourth-order valence-electron chi connectivity index (χ4n) is 2.39. The number of nitrogens with zero attached hydrogens (tertiary/aromatic N) is 1. The third-order valence-electron chi connectivity index (χ3n) is 3.69. The van der Waals surface area contributed by atoms with Gasteiger partial charge in [-0.3, -0.25) is 4.79 Å². The van der Waals surface area contributed by atoms with Crippen molar-refractivity contribution in [2.45, 2.75) is 17.9 Å². The summed E-state index contributed by atoms with van der Waals surface area (Å²) in [5.74, 6) is 0.448. The molecule has 24 heavy (non-hydrogen) atoms. The molecule has 8 nitrogen and oxygen atoms in total. The van der Waals surface area contributed by atoms with Crippen LogP contribution in [0.2, 0.25) is 0 Å². The highest BCUT2D eigenvalue weighted by molar-refractivity contribution is 7.89. The van der Waals surface area contributed by atoms with Crippen molar-refractivity contribution in [1.29, 1.82) is 0 Å². The summed E-state index contributed by atoms with van der Waals surface area (Å²) in [7, 11) is -0.977. The minimum Gasteiger partial charge on any atom is -0.493 e. The number of hydrogen-bond acceptors (Lipinski definition) is 6. The van der Waals surface area contributed by atoms with Gasteiger partial charge in [0.05, 0.1) is 38.4 Å². The maximum Gasteiger partial charge on any atom is 0.241 e. The van der Waals surface area contributed by atoms with Gasteiger partial charge in [0.25, 0.3) is 0 Å². The Morgan fingerprint density at radius 2 is 1.83 bits per heavy atom. The number of methoxy groups -OCH3 is 2. The summed E-state index contributed by atoms with van der Waals surface area (Å²) in [5.41, 5.74) is 0. The zero-order valence-corrected chi connectivity index (χ0v) is 14.8. The van der Waals surface area contributed by atoms with Crippen LogP contribution in [0.1, 0.15) is 6.92 Å². The summed E-state index contributed by atoms with van der Waals surface area (Å²) >= 11 is 0. The molecule has 134 valence electrons. The fraction of sp³-hybridized carbons (Fsp3) is 0.533. The second-order valence-corrected chi connectivity index (χ2v) is 7.01. The van der Waals surface area contributed by atoms with E-state index in [0.29, 0.717) is 37.8 Å². The molecule has 1 atom stereocenters. The van der Waals surface area contributed by atoms with Crippen LogP contribution in [-0.2, 0) is 19.6 Å². The Labute approximate surface area is 141 Å². The first-order chi connectivity index (χ1) is 11.4. The standard InChI is InChI=1S/C15H22N2O6S/c1-11(15(18)17-6-8-23-9-7-17)16-24(19,20)12-4-5-13(21-2)14(10-12)22-3/h4-5,10-11,16H,6-9H2,1-3H3/t11-/m1/s1. The van der Waals surface area contributed by atoms with Crippen LogP contribution in [0.25, 0.3) is 0 Å². The first kappa shape index (κ1) is 18.5. The Morgan fingerprint density at radius 1 is 1.21 bits per heavy atom. The van der Waals surface area contributed by atoms with Crippen LogP contribution < -0.4 is 14.2 Å². The van der Waals surface area contributed by atoms with E-state index in [-0.39, 0.29) is 10.8 Å². The van der Waals surface area contributed by atoms with Crippen LogP contribution in [0, 0.1) is 0 Å². The van der Waals surface area contributed by atoms with Crippen LogP contribution in [-0.4, -0.2) is 65.8 Å². The molecule has 1 aliphatic rings. The SMILES string of the molecule is COc1ccc(S(=O)(=O)N[C@H](C)C(=O)N2CCOCC2)cc1OC. The summed E-state index contributed by atoms with van der Waals surface area (Å²) in [6, 6.07) is 3.38. The number of sulfonamides is 1. The molecule has 1 fully saturated rings. The zero-order chi connectivity index (χ0) is 17.7. The topological polar surface area (TPSA) is 94.2 Å². The van der Waals surface area contributed by atoms with Crippen molar-refractivity contribution in [3.63, 3.8) is 0 Å². The molecule has 0 bridgehead atoms. The molecule has 0 unspecified atom stereocenters. The van der Waals surface area contributed by atoms with Crippen molar-refractivity contribution in [2.24, 2.45) is 0 Å². The van der Waals surface area contributed by atoms with E-state index in [2.05, 4.69) is 4.72 Å². The van der Waals surface area contributed by atoms with Gasteiger partial charge in [-0.15, -0.1) is 0 Å². The number of ether oxygens (including phenoxy) is 3. The van der Waals surface area contributed by atoms with Crippen molar-refractivity contribution < 1.29 is 27.4 Å². The van der Waals surface area contributed by atoms with Gasteiger partial charge in [0.15, 0.2) is 11.5 Å². The van der Waals surface area contributed by atoms with Gasteiger partial charge in [0.2, 0.25) is 15.9 Å². The van der Waals surface area contributed by atoms with Crippen LogP contribution in [0.5, 0.6) is 11.5 Å². The van der Waals surface area contributed by atoms with Crippen LogP contribution >= 0.6 is 0 Å². The zero-order valence-electron chi connectivity index (χ0n) is 13.9. The summed E-state index contributed by atoms with van der Waals surface area (Å²) in [6.45, 7) is 3.36. The monoisotopic (exact) mass is 358 g/mol. The number of morpholine rings is 1. The Morgan fingerprint density at radius 3 is 2.42 bits per heavy atom. The van der Waals surface area contributed by atoms with Crippen molar-refractivity contribution in [3.05, 3.63) is 18.2 Å². The molecule has 1 amide bonds. The number of amides is 1. The largest absolute Gasteiger partial charge is 0.493 e. The highest BCUT2D eigenvalue weighted by Gasteiger charge is 2.27. The lowest BCUT2D eigenvalue weighted by molar-refractivity contribution is -0.136. The number of rotatable bonds is 6. The summed E-state index contributed by atoms with van der Waals surface area (Å²) in [5, 5.41) is 0. The average Bonchev–Trinajstić information content (AvgIpc) is 2.60. The van der Waals surface area contributed by atoms with E-state index in [4.69, 9.17) is 14.2 Å². The Hall–Kier alpha value is -1.84. The molecule has 1 aliphatic heterocycles. The molecule has 2 rings (SSSR count). The Kier molecular flexibility index (Phi) is 6.03. The van der Waals surface area contributed by atoms with Gasteiger partial charge in [-0.1, -0.05) is 0 Å². The van der Waals surface area contributed by atoms with Gasteiger partial charge in [-0.2, -0.15) is 4.72 Å². The highest BCUT2D eigenvalue weighted by Crippen LogP contribution is 2.29. The number of nitrogens with one attached hydrogen (secondary N) is 1. The maximum absolute atomic E-state index is 12.5. The van der Waals surface area contributed by atoms with E-state index < -0.39 is 16.1 Å². The van der Waals surface area contributed by atoms with Gasteiger partial charge in [-0.05, 0) is 19.1 Å². The van der Waals surface area contributed by atoms with Gasteiger partial charge < -0.3 is 19.1 Å². The minimum atomic E-state index is -3.87. The number of benzene rings is 1. The quantitative estimate of drug-likeness (QED) is 0.782. The number of hydrogen-bond donors (Lipinski definition) is 1. The lowest BCUT2D eigenvalue weighted by atomic mass is 10.3. The molecule has 1 saturated heterocycles. The highest BCUT2D eigenvalue weighted by atomic mass is 32.2. The summed E-state index contributed by atoms with van der Waals surface area (Å²) < 4.78 is 42.8. The summed E-state index contributed by atoms with van der Waals surface area (Å²) in [6.07, 6.45) is 0. The van der Waals surface area contributed by atoms with E-state index >= 15 is 0 Å². The molecular weight excluding hydrogens is 336 g/mol. The number of carbonyl (C=O) groups is 1. The third-order valence-corrected chi connectivity index (χ3v) is 5.23. The Bertz CT molecular complexity index is 685. The maximum atomic E-state index is 12.5. The van der Waals surface area contributed by atoms with Crippen molar-refractivity contribution in [1.82, 2.24) is 9.62 Å². The predicted octanol–water partition coefficient (Wildman–Crippen LogP) is 0.229. The first-order valence-corrected chi connectivity index (χ1v) is 8.98. The smallest absolute Gasteiger partial charge is 0.241 e. The van der Waals surface area contributed by atoms with Gasteiger partial charge in [-0.25, -0.2) is 8.42 Å². The normalized spacial score (nSPS) is 16.5. The van der Waals surface area contributed by atoms with Crippen molar-refractivity contribution >= 4 is 15.9 Å². The lowest BCUT2D eigenvalue weighted by Crippen LogP contribution is -2.50. The molecule has 1 heterocycles. The molecule has 0 saturated carbocycles. The first-order valence-electron chi connectivity index (χ1n) is 7.50. The van der Waals surface area contributed by atoms with E-state index in [9.17, 15) is 13.2 Å². The van der Waals surface area contributed by atoms with Crippen LogP contribution in [0.3, 0.4) is 0 Å². The molecular formula is C15H22N2O6S. The van der Waals surface area contributed by atoms with E-state index in [0.717, 1.165) is 0 Å². The molecule has 9 heteroatoms. The van der Waals surface area contributed by atoms with Crippen molar-refractivity contribution in [3.8, 4) is 11.5 Å². The molecule has 1 aromatic carbocycles. The van der Waals surface area contributed by atoms with Crippen LogP contribution in [0.4, 0.5) is 0 Å². The minimum absolute atomic E-state index is 0.00165. The lowest BCUT2D eigenvalue weighted by Gasteiger charge is -2.29. The Balaban J connectivity index is 2.13. The molecule has 0 spiro atoms. The van der Waals surface area contributed by atoms with Gasteiger partial charge in [0, 0.05) is 19.2 Å². The molecule has 1 aromatic rings. The molecule has 0 radical (unpaired) electrons. The van der Waals surface area contributed by atoms with Crippen molar-refractivity contribution in [2.75, 3.05) is 40.5 Å². The van der Waals surface area contributed by atoms with Gasteiger partial charge >= 0.3 is 0 Å². The fourth-order valence-corrected chi connectivity index (χ4v) is 3.60.